The molecule has 0 N–H and O–H groups in total. The Morgan fingerprint density at radius 3 is 2.27 bits per heavy atom. The van der Waals surface area contributed by atoms with Gasteiger partial charge < -0.3 is 4.90 Å². The highest BCUT2D eigenvalue weighted by atomic mass is 127. The van der Waals surface area contributed by atoms with Gasteiger partial charge in [-0.25, -0.2) is 0 Å². The van der Waals surface area contributed by atoms with Crippen molar-refractivity contribution < 1.29 is 0 Å². The third-order valence-corrected chi connectivity index (χ3v) is 2.58. The molecule has 0 rings (SSSR count). The monoisotopic (exact) mass is 269 g/mol. The normalized spacial score (nSPS) is 11.5. The lowest BCUT2D eigenvalue weighted by molar-refractivity contribution is 0.223. The average Bonchev–Trinajstić information content (AvgIpc) is 1.97. The van der Waals surface area contributed by atoms with Crippen LogP contribution < -0.4 is 0 Å². The molecular formula is C9H20IN. The van der Waals surface area contributed by atoms with Crippen molar-refractivity contribution in [3.05, 3.63) is 0 Å². The molecule has 0 fully saturated rings. The Balaban J connectivity index is 3.51. The van der Waals surface area contributed by atoms with E-state index in [-0.39, 0.29) is 0 Å². The van der Waals surface area contributed by atoms with Crippen LogP contribution in [0.25, 0.3) is 0 Å². The third kappa shape index (κ3) is 5.91. The fourth-order valence-corrected chi connectivity index (χ4v) is 1.52. The molecule has 0 unspecified atom stereocenters. The standard InChI is InChI=1S/C9H20IN/c1-4-7-11(9(2)3)8-5-6-10/h9H,4-8H2,1-3H3. The maximum atomic E-state index is 2.55. The van der Waals surface area contributed by atoms with Crippen molar-refractivity contribution in [2.45, 2.75) is 39.7 Å². The second kappa shape index (κ2) is 7.35. The number of hydrogen-bond acceptors (Lipinski definition) is 1. The quantitative estimate of drug-likeness (QED) is 0.529. The topological polar surface area (TPSA) is 3.24 Å². The number of alkyl halides is 1. The molecule has 0 heterocycles. The van der Waals surface area contributed by atoms with E-state index < -0.39 is 0 Å². The SMILES string of the molecule is CCCN(CCCI)C(C)C. The lowest BCUT2D eigenvalue weighted by atomic mass is 10.2. The van der Waals surface area contributed by atoms with E-state index in [2.05, 4.69) is 48.3 Å². The molecule has 0 aliphatic carbocycles. The molecule has 0 bridgehead atoms. The first-order chi connectivity index (χ1) is 5.22. The van der Waals surface area contributed by atoms with E-state index in [4.69, 9.17) is 0 Å². The largest absolute Gasteiger partial charge is 0.301 e. The first kappa shape index (κ1) is 11.7. The lowest BCUT2D eigenvalue weighted by Crippen LogP contribution is -2.32. The van der Waals surface area contributed by atoms with E-state index in [1.807, 2.05) is 0 Å². The predicted molar refractivity (Wildman–Crippen MR) is 60.5 cm³/mol. The van der Waals surface area contributed by atoms with E-state index in [0.717, 1.165) is 6.04 Å². The molecule has 0 aromatic rings. The van der Waals surface area contributed by atoms with Crippen LogP contribution >= 0.6 is 22.6 Å². The molecule has 0 saturated carbocycles. The summed E-state index contributed by atoms with van der Waals surface area (Å²) in [6.45, 7) is 9.34. The van der Waals surface area contributed by atoms with Gasteiger partial charge in [0.2, 0.25) is 0 Å². The molecule has 0 aromatic heterocycles. The van der Waals surface area contributed by atoms with Crippen molar-refractivity contribution in [2.75, 3.05) is 17.5 Å². The summed E-state index contributed by atoms with van der Waals surface area (Å²) >= 11 is 2.45. The van der Waals surface area contributed by atoms with Crippen LogP contribution in [0, 0.1) is 0 Å². The van der Waals surface area contributed by atoms with Gasteiger partial charge in [-0.1, -0.05) is 29.5 Å². The molecular weight excluding hydrogens is 249 g/mol. The fourth-order valence-electron chi connectivity index (χ4n) is 1.18. The summed E-state index contributed by atoms with van der Waals surface area (Å²) in [5.74, 6) is 0. The third-order valence-electron chi connectivity index (χ3n) is 1.82. The van der Waals surface area contributed by atoms with E-state index >= 15 is 0 Å². The van der Waals surface area contributed by atoms with Crippen LogP contribution in [-0.4, -0.2) is 28.5 Å². The van der Waals surface area contributed by atoms with Crippen LogP contribution in [0.15, 0.2) is 0 Å². The number of hydrogen-bond donors (Lipinski definition) is 0. The van der Waals surface area contributed by atoms with Crippen molar-refractivity contribution in [3.8, 4) is 0 Å². The van der Waals surface area contributed by atoms with Crippen LogP contribution in [0.3, 0.4) is 0 Å². The fraction of sp³-hybridized carbons (Fsp3) is 1.00. The van der Waals surface area contributed by atoms with Crippen molar-refractivity contribution in [3.63, 3.8) is 0 Å². The molecule has 11 heavy (non-hydrogen) atoms. The Morgan fingerprint density at radius 2 is 1.91 bits per heavy atom. The molecule has 0 saturated heterocycles. The molecule has 0 radical (unpaired) electrons. The van der Waals surface area contributed by atoms with E-state index in [0.29, 0.717) is 0 Å². The van der Waals surface area contributed by atoms with Crippen molar-refractivity contribution in [1.82, 2.24) is 4.90 Å². The summed E-state index contributed by atoms with van der Waals surface area (Å²) in [5, 5.41) is 0. The highest BCUT2D eigenvalue weighted by Crippen LogP contribution is 2.02. The predicted octanol–water partition coefficient (Wildman–Crippen LogP) is 2.93. The van der Waals surface area contributed by atoms with E-state index in [1.165, 1.54) is 30.4 Å². The molecule has 0 atom stereocenters. The molecule has 0 amide bonds. The van der Waals surface area contributed by atoms with Gasteiger partial charge in [-0.15, -0.1) is 0 Å². The summed E-state index contributed by atoms with van der Waals surface area (Å²) in [4.78, 5) is 2.55. The van der Waals surface area contributed by atoms with Crippen molar-refractivity contribution >= 4 is 22.6 Å². The zero-order valence-electron chi connectivity index (χ0n) is 7.94. The second-order valence-electron chi connectivity index (χ2n) is 3.17. The van der Waals surface area contributed by atoms with Crippen LogP contribution in [0.4, 0.5) is 0 Å². The lowest BCUT2D eigenvalue weighted by Gasteiger charge is -2.25. The van der Waals surface area contributed by atoms with Gasteiger partial charge in [0.25, 0.3) is 0 Å². The maximum absolute atomic E-state index is 2.55. The smallest absolute Gasteiger partial charge is 0.00385 e. The first-order valence-electron chi connectivity index (χ1n) is 4.52. The molecule has 1 nitrogen and oxygen atoms in total. The summed E-state index contributed by atoms with van der Waals surface area (Å²) < 4.78 is 1.28. The number of halogens is 1. The molecule has 0 spiro atoms. The summed E-state index contributed by atoms with van der Waals surface area (Å²) in [7, 11) is 0. The highest BCUT2D eigenvalue weighted by Gasteiger charge is 2.05. The van der Waals surface area contributed by atoms with Crippen molar-refractivity contribution in [1.29, 1.82) is 0 Å². The first-order valence-corrected chi connectivity index (χ1v) is 6.05. The Hall–Kier alpha value is 0.690. The minimum Gasteiger partial charge on any atom is -0.301 e. The molecule has 0 aliphatic rings. The summed E-state index contributed by atoms with van der Waals surface area (Å²) in [5.41, 5.74) is 0. The minimum absolute atomic E-state index is 0.720. The van der Waals surface area contributed by atoms with Gasteiger partial charge in [-0.3, -0.25) is 0 Å². The maximum Gasteiger partial charge on any atom is 0.00385 e. The molecule has 0 aromatic carbocycles. The van der Waals surface area contributed by atoms with Gasteiger partial charge in [0.1, 0.15) is 0 Å². The Kier molecular flexibility index (Phi) is 7.81. The summed E-state index contributed by atoms with van der Waals surface area (Å²) in [6, 6.07) is 0.720. The number of rotatable bonds is 6. The average molecular weight is 269 g/mol. The Morgan fingerprint density at radius 1 is 1.27 bits per heavy atom. The summed E-state index contributed by atoms with van der Waals surface area (Å²) in [6.07, 6.45) is 2.61. The van der Waals surface area contributed by atoms with Crippen molar-refractivity contribution in [2.24, 2.45) is 0 Å². The highest BCUT2D eigenvalue weighted by molar-refractivity contribution is 14.1. The zero-order valence-corrected chi connectivity index (χ0v) is 10.1. The Labute approximate surface area is 84.7 Å². The molecule has 68 valence electrons. The van der Waals surface area contributed by atoms with Crippen LogP contribution in [0.2, 0.25) is 0 Å². The minimum atomic E-state index is 0.720. The van der Waals surface area contributed by atoms with Gasteiger partial charge in [-0.2, -0.15) is 0 Å². The van der Waals surface area contributed by atoms with Crippen LogP contribution in [0.1, 0.15) is 33.6 Å². The van der Waals surface area contributed by atoms with E-state index in [9.17, 15) is 0 Å². The van der Waals surface area contributed by atoms with Gasteiger partial charge in [0, 0.05) is 10.5 Å². The second-order valence-corrected chi connectivity index (χ2v) is 4.25. The zero-order chi connectivity index (χ0) is 8.69. The van der Waals surface area contributed by atoms with Gasteiger partial charge in [0.05, 0.1) is 0 Å². The molecule has 2 heteroatoms. The number of nitrogens with zero attached hydrogens (tertiary/aromatic N) is 1. The van der Waals surface area contributed by atoms with Crippen LogP contribution in [0.5, 0.6) is 0 Å². The van der Waals surface area contributed by atoms with Crippen LogP contribution in [-0.2, 0) is 0 Å². The van der Waals surface area contributed by atoms with Gasteiger partial charge in [-0.05, 0) is 39.8 Å². The molecule has 0 aliphatic heterocycles. The van der Waals surface area contributed by atoms with E-state index in [1.54, 1.807) is 0 Å². The van der Waals surface area contributed by atoms with Gasteiger partial charge in [0.15, 0.2) is 0 Å². The van der Waals surface area contributed by atoms with Gasteiger partial charge >= 0.3 is 0 Å². The Bertz CT molecular complexity index is 83.6.